The number of primary amides is 1. The molecule has 0 radical (unpaired) electrons. The molecular weight excluding hydrogens is 250 g/mol. The molecule has 1 aliphatic heterocycles. The van der Waals surface area contributed by atoms with Crippen LogP contribution < -0.4 is 11.1 Å². The monoisotopic (exact) mass is 273 g/mol. The number of hydrogen-bond acceptors (Lipinski definition) is 3. The van der Waals surface area contributed by atoms with E-state index in [1.807, 2.05) is 6.92 Å². The molecule has 1 fully saturated rings. The topological polar surface area (TPSA) is 58.4 Å². The highest BCUT2D eigenvalue weighted by atomic mass is 16.1. The van der Waals surface area contributed by atoms with Crippen LogP contribution in [0, 0.1) is 0 Å². The minimum Gasteiger partial charge on any atom is -0.368 e. The van der Waals surface area contributed by atoms with Gasteiger partial charge < -0.3 is 11.1 Å². The van der Waals surface area contributed by atoms with Crippen molar-refractivity contribution in [3.05, 3.63) is 35.4 Å². The molecule has 1 aromatic rings. The van der Waals surface area contributed by atoms with Crippen molar-refractivity contribution in [2.45, 2.75) is 50.9 Å². The van der Waals surface area contributed by atoms with Crippen LogP contribution in [0.25, 0.3) is 0 Å². The quantitative estimate of drug-likeness (QED) is 0.871. The maximum Gasteiger partial charge on any atom is 0.237 e. The summed E-state index contributed by atoms with van der Waals surface area (Å²) in [6, 6.07) is 9.06. The number of amides is 1. The average Bonchev–Trinajstić information content (AvgIpc) is 3.03. The van der Waals surface area contributed by atoms with Crippen LogP contribution in [0.15, 0.2) is 24.3 Å². The molecule has 0 saturated heterocycles. The Balaban J connectivity index is 1.71. The van der Waals surface area contributed by atoms with Crippen molar-refractivity contribution < 1.29 is 4.79 Å². The molecule has 3 N–H and O–H groups in total. The second kappa shape index (κ2) is 5.19. The van der Waals surface area contributed by atoms with E-state index in [0.717, 1.165) is 38.9 Å². The van der Waals surface area contributed by atoms with Crippen molar-refractivity contribution in [2.75, 3.05) is 6.54 Å². The van der Waals surface area contributed by atoms with Gasteiger partial charge in [0, 0.05) is 19.1 Å². The van der Waals surface area contributed by atoms with Gasteiger partial charge in [-0.05, 0) is 36.9 Å². The summed E-state index contributed by atoms with van der Waals surface area (Å²) in [6.45, 7) is 4.82. The van der Waals surface area contributed by atoms with Crippen molar-refractivity contribution >= 4 is 5.91 Å². The highest BCUT2D eigenvalue weighted by Crippen LogP contribution is 2.36. The van der Waals surface area contributed by atoms with E-state index in [9.17, 15) is 4.79 Å². The molecular formula is C16H23N3O. The molecule has 2 aliphatic rings. The number of nitrogens with two attached hydrogens (primary N) is 1. The van der Waals surface area contributed by atoms with Crippen LogP contribution in [0.3, 0.4) is 0 Å². The first kappa shape index (κ1) is 13.6. The summed E-state index contributed by atoms with van der Waals surface area (Å²) >= 11 is 0. The standard InChI is InChI=1S/C16H23N3O/c1-2-18-16(15(17)20)8-7-14(9-16)19-10-12-5-3-4-6-13(12)11-19/h3-6,14,18H,2,7-11H2,1H3,(H2,17,20). The Morgan fingerprint density at radius 2 is 2.05 bits per heavy atom. The summed E-state index contributed by atoms with van der Waals surface area (Å²) in [7, 11) is 0. The molecule has 0 spiro atoms. The lowest BCUT2D eigenvalue weighted by molar-refractivity contribution is -0.124. The van der Waals surface area contributed by atoms with Crippen LogP contribution in [0.4, 0.5) is 0 Å². The van der Waals surface area contributed by atoms with E-state index in [1.54, 1.807) is 0 Å². The summed E-state index contributed by atoms with van der Waals surface area (Å²) in [4.78, 5) is 14.3. The Bertz CT molecular complexity index is 491. The second-order valence-corrected chi connectivity index (χ2v) is 6.05. The number of nitrogens with one attached hydrogen (secondary N) is 1. The first-order chi connectivity index (χ1) is 9.64. The zero-order chi connectivity index (χ0) is 14.2. The number of carbonyl (C=O) groups excluding carboxylic acids is 1. The molecule has 4 nitrogen and oxygen atoms in total. The Labute approximate surface area is 120 Å². The molecule has 0 bridgehead atoms. The molecule has 1 heterocycles. The highest BCUT2D eigenvalue weighted by Gasteiger charge is 2.45. The Hall–Kier alpha value is -1.39. The summed E-state index contributed by atoms with van der Waals surface area (Å²) in [6.07, 6.45) is 2.74. The second-order valence-electron chi connectivity index (χ2n) is 6.05. The number of fused-ring (bicyclic) bond motifs is 1. The molecule has 1 aromatic carbocycles. The molecule has 3 rings (SSSR count). The molecule has 4 heteroatoms. The van der Waals surface area contributed by atoms with Crippen molar-refractivity contribution in [1.82, 2.24) is 10.2 Å². The number of likely N-dealkylation sites (N-methyl/N-ethyl adjacent to an activating group) is 1. The summed E-state index contributed by atoms with van der Waals surface area (Å²) in [5, 5.41) is 3.33. The van der Waals surface area contributed by atoms with E-state index < -0.39 is 5.54 Å². The first-order valence-electron chi connectivity index (χ1n) is 7.50. The summed E-state index contributed by atoms with van der Waals surface area (Å²) in [5.41, 5.74) is 8.00. The summed E-state index contributed by atoms with van der Waals surface area (Å²) in [5.74, 6) is -0.196. The molecule has 2 atom stereocenters. The lowest BCUT2D eigenvalue weighted by Crippen LogP contribution is -2.54. The lowest BCUT2D eigenvalue weighted by Gasteiger charge is -2.29. The van der Waals surface area contributed by atoms with E-state index in [-0.39, 0.29) is 5.91 Å². The van der Waals surface area contributed by atoms with Crippen molar-refractivity contribution in [1.29, 1.82) is 0 Å². The number of carbonyl (C=O) groups is 1. The predicted octanol–water partition coefficient (Wildman–Crippen LogP) is 1.39. The van der Waals surface area contributed by atoms with E-state index in [4.69, 9.17) is 5.73 Å². The number of benzene rings is 1. The number of rotatable bonds is 4. The highest BCUT2D eigenvalue weighted by molar-refractivity contribution is 5.85. The van der Waals surface area contributed by atoms with Crippen LogP contribution in [0.5, 0.6) is 0 Å². The zero-order valence-electron chi connectivity index (χ0n) is 12.1. The number of nitrogens with zero attached hydrogens (tertiary/aromatic N) is 1. The third kappa shape index (κ3) is 2.23. The number of hydrogen-bond donors (Lipinski definition) is 2. The van der Waals surface area contributed by atoms with Crippen molar-refractivity contribution in [3.63, 3.8) is 0 Å². The van der Waals surface area contributed by atoms with Gasteiger partial charge in [0.2, 0.25) is 5.91 Å². The van der Waals surface area contributed by atoms with Crippen LogP contribution >= 0.6 is 0 Å². The predicted molar refractivity (Wildman–Crippen MR) is 78.9 cm³/mol. The largest absolute Gasteiger partial charge is 0.368 e. The van der Waals surface area contributed by atoms with E-state index in [1.165, 1.54) is 11.1 Å². The Kier molecular flexibility index (Phi) is 3.52. The fourth-order valence-electron chi connectivity index (χ4n) is 3.76. The van der Waals surface area contributed by atoms with Crippen LogP contribution in [-0.4, -0.2) is 28.9 Å². The molecule has 20 heavy (non-hydrogen) atoms. The third-order valence-corrected chi connectivity index (χ3v) is 4.86. The SMILES string of the molecule is CCNC1(C(N)=O)CCC(N2Cc3ccccc3C2)C1. The summed E-state index contributed by atoms with van der Waals surface area (Å²) < 4.78 is 0. The van der Waals surface area contributed by atoms with Gasteiger partial charge in [0.15, 0.2) is 0 Å². The first-order valence-corrected chi connectivity index (χ1v) is 7.50. The Morgan fingerprint density at radius 3 is 2.60 bits per heavy atom. The minimum atomic E-state index is -0.492. The van der Waals surface area contributed by atoms with Crippen LogP contribution in [0.1, 0.15) is 37.3 Å². The van der Waals surface area contributed by atoms with Gasteiger partial charge in [0.25, 0.3) is 0 Å². The van der Waals surface area contributed by atoms with Gasteiger partial charge in [-0.1, -0.05) is 31.2 Å². The van der Waals surface area contributed by atoms with Gasteiger partial charge in [-0.15, -0.1) is 0 Å². The normalized spacial score (nSPS) is 29.6. The van der Waals surface area contributed by atoms with Gasteiger partial charge in [-0.25, -0.2) is 0 Å². The van der Waals surface area contributed by atoms with Crippen molar-refractivity contribution in [2.24, 2.45) is 5.73 Å². The smallest absolute Gasteiger partial charge is 0.237 e. The van der Waals surface area contributed by atoms with Crippen molar-refractivity contribution in [3.8, 4) is 0 Å². The molecule has 0 aromatic heterocycles. The van der Waals surface area contributed by atoms with Gasteiger partial charge in [0.1, 0.15) is 0 Å². The fraction of sp³-hybridized carbons (Fsp3) is 0.562. The van der Waals surface area contributed by atoms with Gasteiger partial charge in [-0.2, -0.15) is 0 Å². The maximum absolute atomic E-state index is 11.8. The average molecular weight is 273 g/mol. The van der Waals surface area contributed by atoms with Gasteiger partial charge >= 0.3 is 0 Å². The zero-order valence-corrected chi connectivity index (χ0v) is 12.1. The van der Waals surface area contributed by atoms with Crippen LogP contribution in [-0.2, 0) is 17.9 Å². The molecule has 108 valence electrons. The van der Waals surface area contributed by atoms with E-state index in [0.29, 0.717) is 6.04 Å². The molecule has 2 unspecified atom stereocenters. The van der Waals surface area contributed by atoms with E-state index >= 15 is 0 Å². The van der Waals surface area contributed by atoms with E-state index in [2.05, 4.69) is 34.5 Å². The Morgan fingerprint density at radius 1 is 1.40 bits per heavy atom. The molecule has 1 aliphatic carbocycles. The minimum absolute atomic E-state index is 0.196. The fourth-order valence-corrected chi connectivity index (χ4v) is 3.76. The van der Waals surface area contributed by atoms with Gasteiger partial charge in [-0.3, -0.25) is 9.69 Å². The third-order valence-electron chi connectivity index (χ3n) is 4.86. The maximum atomic E-state index is 11.8. The molecule has 1 saturated carbocycles. The lowest BCUT2D eigenvalue weighted by atomic mass is 9.96. The van der Waals surface area contributed by atoms with Gasteiger partial charge in [0.05, 0.1) is 5.54 Å². The molecule has 1 amide bonds. The van der Waals surface area contributed by atoms with Crippen LogP contribution in [0.2, 0.25) is 0 Å².